The molecular formula is C33H45F3N6O6. The number of nitrogens with zero attached hydrogens (tertiary/aromatic N) is 6. The van der Waals surface area contributed by atoms with Gasteiger partial charge < -0.3 is 39.3 Å². The number of anilines is 2. The Morgan fingerprint density at radius 2 is 1.77 bits per heavy atom. The van der Waals surface area contributed by atoms with Crippen LogP contribution in [-0.2, 0) is 27.3 Å². The van der Waals surface area contributed by atoms with Gasteiger partial charge in [0, 0.05) is 69.7 Å². The van der Waals surface area contributed by atoms with Gasteiger partial charge in [0.05, 0.1) is 25.5 Å². The van der Waals surface area contributed by atoms with Crippen molar-refractivity contribution in [3.63, 3.8) is 0 Å². The third kappa shape index (κ3) is 10.4. The number of carbonyl (C=O) groups excluding carboxylic acids is 1. The lowest BCUT2D eigenvalue weighted by Gasteiger charge is -2.38. The van der Waals surface area contributed by atoms with E-state index in [1.165, 1.54) is 24.5 Å². The number of aromatic hydroxyl groups is 1. The third-order valence-electron chi connectivity index (χ3n) is 8.41. The lowest BCUT2D eigenvalue weighted by Crippen LogP contribution is -2.49. The SMILES string of the molecule is C=CC(=O)N1CCN(c2nc(OCCCN(C)CCOCC)nc3c2CCN(c2cc(O)cc(C4CC4)c2)C3)CC1.O=C(O)C(F)(F)F. The van der Waals surface area contributed by atoms with Crippen LogP contribution in [0.15, 0.2) is 30.9 Å². The Hall–Kier alpha value is -4.11. The minimum atomic E-state index is -5.08. The summed E-state index contributed by atoms with van der Waals surface area (Å²) in [5.74, 6) is -0.985. The van der Waals surface area contributed by atoms with Crippen LogP contribution in [0.1, 0.15) is 48.9 Å². The molecule has 2 fully saturated rings. The number of ether oxygens (including phenoxy) is 2. The second-order valence-corrected chi connectivity index (χ2v) is 12.0. The number of aliphatic carboxylic acids is 1. The fourth-order valence-corrected chi connectivity index (χ4v) is 5.63. The van der Waals surface area contributed by atoms with Crippen LogP contribution in [0.5, 0.6) is 11.8 Å². The molecule has 3 heterocycles. The molecule has 1 saturated carbocycles. The highest BCUT2D eigenvalue weighted by atomic mass is 19.4. The number of piperazine rings is 1. The number of rotatable bonds is 13. The molecule has 3 aliphatic rings. The van der Waals surface area contributed by atoms with Crippen LogP contribution in [0.2, 0.25) is 0 Å². The van der Waals surface area contributed by atoms with Crippen molar-refractivity contribution in [3.8, 4) is 11.8 Å². The fourth-order valence-electron chi connectivity index (χ4n) is 5.63. The van der Waals surface area contributed by atoms with Gasteiger partial charge in [0.2, 0.25) is 5.91 Å². The monoisotopic (exact) mass is 678 g/mol. The van der Waals surface area contributed by atoms with Crippen molar-refractivity contribution in [2.75, 3.05) is 82.5 Å². The summed E-state index contributed by atoms with van der Waals surface area (Å²) in [5.41, 5.74) is 4.37. The van der Waals surface area contributed by atoms with Crippen LogP contribution in [-0.4, -0.2) is 121 Å². The molecule has 2 aliphatic heterocycles. The first-order valence-corrected chi connectivity index (χ1v) is 16.2. The van der Waals surface area contributed by atoms with Crippen LogP contribution in [0.25, 0.3) is 0 Å². The van der Waals surface area contributed by atoms with Gasteiger partial charge in [0.25, 0.3) is 0 Å². The van der Waals surface area contributed by atoms with Gasteiger partial charge in [-0.2, -0.15) is 23.1 Å². The van der Waals surface area contributed by atoms with E-state index in [4.69, 9.17) is 29.3 Å². The second kappa shape index (κ2) is 16.8. The number of carboxylic acid groups (broad SMARTS) is 1. The molecule has 1 aliphatic carbocycles. The van der Waals surface area contributed by atoms with Gasteiger partial charge >= 0.3 is 18.2 Å². The fraction of sp³-hybridized carbons (Fsp3) is 0.576. The minimum Gasteiger partial charge on any atom is -0.508 e. The zero-order valence-electron chi connectivity index (χ0n) is 27.5. The van der Waals surface area contributed by atoms with Gasteiger partial charge in [-0.05, 0) is 69.3 Å². The van der Waals surface area contributed by atoms with E-state index in [0.717, 1.165) is 68.5 Å². The van der Waals surface area contributed by atoms with Crippen LogP contribution >= 0.6 is 0 Å². The predicted octanol–water partition coefficient (Wildman–Crippen LogP) is 3.83. The Kier molecular flexibility index (Phi) is 12.9. The smallest absolute Gasteiger partial charge is 0.490 e. The van der Waals surface area contributed by atoms with Gasteiger partial charge in [-0.1, -0.05) is 6.58 Å². The molecular weight excluding hydrogens is 633 g/mol. The van der Waals surface area contributed by atoms with E-state index in [-0.39, 0.29) is 5.91 Å². The van der Waals surface area contributed by atoms with E-state index in [2.05, 4.69) is 34.4 Å². The van der Waals surface area contributed by atoms with Gasteiger partial charge in [0.1, 0.15) is 11.6 Å². The standard InChI is InChI=1S/C31H44N6O4.C2HF3O2/c1-4-29(39)35-12-14-36(15-13-35)30-27-9-11-37(25-19-24(23-7-8-23)20-26(38)21-25)22-28(27)32-31(33-30)41-17-6-10-34(3)16-18-40-5-2;3-2(4,5)1(6)7/h4,19-21,23,38H,1,5-18,22H2,2-3H3;(H,6,7). The number of amides is 1. The molecule has 2 N–H and O–H groups in total. The highest BCUT2D eigenvalue weighted by Gasteiger charge is 2.38. The maximum atomic E-state index is 12.1. The number of phenols is 1. The first kappa shape index (κ1) is 36.7. The minimum absolute atomic E-state index is 0.0306. The van der Waals surface area contributed by atoms with Crippen molar-refractivity contribution in [2.45, 2.75) is 51.2 Å². The Labute approximate surface area is 278 Å². The number of fused-ring (bicyclic) bond motifs is 1. The number of hydrogen-bond donors (Lipinski definition) is 2. The van der Waals surface area contributed by atoms with Crippen LogP contribution in [0.3, 0.4) is 0 Å². The number of benzene rings is 1. The van der Waals surface area contributed by atoms with Crippen molar-refractivity contribution in [1.82, 2.24) is 19.8 Å². The lowest BCUT2D eigenvalue weighted by molar-refractivity contribution is -0.192. The van der Waals surface area contributed by atoms with Crippen molar-refractivity contribution in [2.24, 2.45) is 0 Å². The maximum Gasteiger partial charge on any atom is 0.490 e. The summed E-state index contributed by atoms with van der Waals surface area (Å²) in [6.45, 7) is 13.5. The number of halogens is 3. The van der Waals surface area contributed by atoms with Gasteiger partial charge in [-0.25, -0.2) is 4.79 Å². The zero-order valence-corrected chi connectivity index (χ0v) is 27.5. The lowest BCUT2D eigenvalue weighted by atomic mass is 10.0. The van der Waals surface area contributed by atoms with E-state index in [9.17, 15) is 23.1 Å². The molecule has 5 rings (SSSR count). The second-order valence-electron chi connectivity index (χ2n) is 12.0. The van der Waals surface area contributed by atoms with Gasteiger partial charge in [0.15, 0.2) is 0 Å². The first-order valence-electron chi connectivity index (χ1n) is 16.2. The van der Waals surface area contributed by atoms with E-state index in [1.54, 1.807) is 0 Å². The van der Waals surface area contributed by atoms with Crippen LogP contribution < -0.4 is 14.5 Å². The average molecular weight is 679 g/mol. The molecule has 1 saturated heterocycles. The largest absolute Gasteiger partial charge is 0.508 e. The molecule has 2 aromatic rings. The first-order chi connectivity index (χ1) is 22.9. The molecule has 0 unspecified atom stereocenters. The Morgan fingerprint density at radius 3 is 2.40 bits per heavy atom. The Bertz CT molecular complexity index is 1410. The van der Waals surface area contributed by atoms with E-state index >= 15 is 0 Å². The van der Waals surface area contributed by atoms with E-state index in [1.807, 2.05) is 24.0 Å². The summed E-state index contributed by atoms with van der Waals surface area (Å²) in [6, 6.07) is 6.38. The zero-order chi connectivity index (χ0) is 34.8. The number of aromatic nitrogens is 2. The maximum absolute atomic E-state index is 12.1. The summed E-state index contributed by atoms with van der Waals surface area (Å²) < 4.78 is 43.3. The molecule has 1 aromatic heterocycles. The molecule has 1 amide bonds. The van der Waals surface area contributed by atoms with E-state index in [0.29, 0.717) is 57.0 Å². The molecule has 12 nitrogen and oxygen atoms in total. The van der Waals surface area contributed by atoms with Gasteiger partial charge in [-0.3, -0.25) is 4.79 Å². The molecule has 0 radical (unpaired) electrons. The number of likely N-dealkylation sites (N-methyl/N-ethyl adjacent to an activating group) is 1. The molecule has 0 spiro atoms. The van der Waals surface area contributed by atoms with Crippen molar-refractivity contribution >= 4 is 23.4 Å². The summed E-state index contributed by atoms with van der Waals surface area (Å²) in [4.78, 5) is 39.5. The van der Waals surface area contributed by atoms with Crippen LogP contribution in [0.4, 0.5) is 24.7 Å². The molecule has 48 heavy (non-hydrogen) atoms. The number of alkyl halides is 3. The molecule has 264 valence electrons. The topological polar surface area (TPSA) is 132 Å². The van der Waals surface area contributed by atoms with E-state index < -0.39 is 12.1 Å². The van der Waals surface area contributed by atoms with Crippen LogP contribution in [0, 0.1) is 0 Å². The highest BCUT2D eigenvalue weighted by Crippen LogP contribution is 2.43. The van der Waals surface area contributed by atoms with Crippen molar-refractivity contribution in [1.29, 1.82) is 0 Å². The number of carboxylic acids is 1. The normalized spacial score (nSPS) is 16.2. The predicted molar refractivity (Wildman–Crippen MR) is 174 cm³/mol. The summed E-state index contributed by atoms with van der Waals surface area (Å²) in [7, 11) is 2.09. The highest BCUT2D eigenvalue weighted by molar-refractivity contribution is 5.87. The number of carbonyl (C=O) groups is 2. The summed E-state index contributed by atoms with van der Waals surface area (Å²) in [6.07, 6.45) is 0.344. The van der Waals surface area contributed by atoms with Crippen molar-refractivity contribution < 1.29 is 42.4 Å². The summed E-state index contributed by atoms with van der Waals surface area (Å²) >= 11 is 0. The number of phenolic OH excluding ortho intramolecular Hbond substituents is 1. The van der Waals surface area contributed by atoms with Gasteiger partial charge in [-0.15, -0.1) is 0 Å². The summed E-state index contributed by atoms with van der Waals surface area (Å²) in [5, 5.41) is 17.6. The average Bonchev–Trinajstić information content (AvgIpc) is 3.91. The number of hydrogen-bond acceptors (Lipinski definition) is 10. The molecule has 0 atom stereocenters. The molecule has 15 heteroatoms. The third-order valence-corrected chi connectivity index (χ3v) is 8.41. The Balaban J connectivity index is 0.000000671. The Morgan fingerprint density at radius 1 is 1.06 bits per heavy atom. The molecule has 1 aromatic carbocycles. The van der Waals surface area contributed by atoms with Crippen molar-refractivity contribution in [3.05, 3.63) is 47.7 Å². The molecule has 0 bridgehead atoms. The quantitative estimate of drug-likeness (QED) is 0.237.